The van der Waals surface area contributed by atoms with Crippen LogP contribution in [0.3, 0.4) is 0 Å². The summed E-state index contributed by atoms with van der Waals surface area (Å²) in [4.78, 5) is 9.01. The van der Waals surface area contributed by atoms with Crippen LogP contribution in [0.5, 0.6) is 0 Å². The first-order chi connectivity index (χ1) is 12.1. The molecule has 0 saturated carbocycles. The minimum Gasteiger partial charge on any atom is -0.370 e. The summed E-state index contributed by atoms with van der Waals surface area (Å²) in [5.74, 6) is 1.21. The van der Waals surface area contributed by atoms with Gasteiger partial charge in [0.1, 0.15) is 12.4 Å². The van der Waals surface area contributed by atoms with Crippen molar-refractivity contribution < 1.29 is 0 Å². The number of nitrogens with one attached hydrogen (secondary N) is 1. The third-order valence-electron chi connectivity index (χ3n) is 4.70. The summed E-state index contributed by atoms with van der Waals surface area (Å²) in [6, 6.07) is 12.1. The van der Waals surface area contributed by atoms with Crippen molar-refractivity contribution in [3.63, 3.8) is 0 Å². The summed E-state index contributed by atoms with van der Waals surface area (Å²) in [6.07, 6.45) is 3.55. The molecule has 0 unspecified atom stereocenters. The number of hydrogen-bond donors (Lipinski definition) is 2. The summed E-state index contributed by atoms with van der Waals surface area (Å²) in [5, 5.41) is 3.86. The maximum Gasteiger partial charge on any atom is 0.193 e. The molecular formula is C19H21ClIN5. The SMILES string of the molecule is Cn1c(CN=C(N)Nc2ccc3c(c2)CCC3)nc2cccc(Cl)c21.I. The van der Waals surface area contributed by atoms with Gasteiger partial charge in [0.25, 0.3) is 0 Å². The van der Waals surface area contributed by atoms with Gasteiger partial charge in [-0.15, -0.1) is 24.0 Å². The Kier molecular flexibility index (Phi) is 5.72. The fraction of sp³-hybridized carbons (Fsp3) is 0.263. The first kappa shape index (κ1) is 19.0. The topological polar surface area (TPSA) is 68.2 Å². The number of para-hydroxylation sites is 1. The van der Waals surface area contributed by atoms with Gasteiger partial charge >= 0.3 is 0 Å². The van der Waals surface area contributed by atoms with E-state index in [1.807, 2.05) is 29.8 Å². The van der Waals surface area contributed by atoms with Crippen molar-refractivity contribution in [3.8, 4) is 0 Å². The summed E-state index contributed by atoms with van der Waals surface area (Å²) >= 11 is 6.26. The number of benzene rings is 2. The molecule has 0 saturated heterocycles. The molecule has 7 heteroatoms. The van der Waals surface area contributed by atoms with Crippen molar-refractivity contribution in [3.05, 3.63) is 58.4 Å². The molecular weight excluding hydrogens is 461 g/mol. The second kappa shape index (κ2) is 7.84. The lowest BCUT2D eigenvalue weighted by Gasteiger charge is -2.08. The number of guanidine groups is 1. The van der Waals surface area contributed by atoms with Gasteiger partial charge in [0.15, 0.2) is 5.96 Å². The number of aromatic nitrogens is 2. The Labute approximate surface area is 174 Å². The van der Waals surface area contributed by atoms with Gasteiger partial charge in [0, 0.05) is 12.7 Å². The molecule has 0 radical (unpaired) electrons. The van der Waals surface area contributed by atoms with Crippen molar-refractivity contribution in [2.45, 2.75) is 25.8 Å². The lowest BCUT2D eigenvalue weighted by Crippen LogP contribution is -2.23. The molecule has 5 nitrogen and oxygen atoms in total. The van der Waals surface area contributed by atoms with E-state index in [1.54, 1.807) is 0 Å². The van der Waals surface area contributed by atoms with Crippen LogP contribution in [-0.2, 0) is 26.4 Å². The summed E-state index contributed by atoms with van der Waals surface area (Å²) in [7, 11) is 1.94. The van der Waals surface area contributed by atoms with Crippen LogP contribution in [0, 0.1) is 0 Å². The van der Waals surface area contributed by atoms with E-state index in [0.29, 0.717) is 17.5 Å². The fourth-order valence-electron chi connectivity index (χ4n) is 3.40. The quantitative estimate of drug-likeness (QED) is 0.334. The van der Waals surface area contributed by atoms with Crippen LogP contribution < -0.4 is 11.1 Å². The molecule has 26 heavy (non-hydrogen) atoms. The largest absolute Gasteiger partial charge is 0.370 e. The van der Waals surface area contributed by atoms with Crippen LogP contribution in [0.4, 0.5) is 5.69 Å². The van der Waals surface area contributed by atoms with Gasteiger partial charge in [-0.25, -0.2) is 9.98 Å². The van der Waals surface area contributed by atoms with Gasteiger partial charge in [-0.05, 0) is 54.7 Å². The maximum absolute atomic E-state index is 6.26. The predicted octanol–water partition coefficient (Wildman–Crippen LogP) is 4.26. The molecule has 1 aliphatic rings. The molecule has 1 aromatic heterocycles. The van der Waals surface area contributed by atoms with E-state index in [4.69, 9.17) is 17.3 Å². The number of imidazole rings is 1. The third kappa shape index (κ3) is 3.66. The van der Waals surface area contributed by atoms with Crippen LogP contribution in [0.2, 0.25) is 5.02 Å². The van der Waals surface area contributed by atoms with E-state index in [9.17, 15) is 0 Å². The Morgan fingerprint density at radius 1 is 1.27 bits per heavy atom. The third-order valence-corrected chi connectivity index (χ3v) is 5.00. The summed E-state index contributed by atoms with van der Waals surface area (Å²) in [5.41, 5.74) is 11.7. The van der Waals surface area contributed by atoms with E-state index in [1.165, 1.54) is 24.0 Å². The predicted molar refractivity (Wildman–Crippen MR) is 119 cm³/mol. The van der Waals surface area contributed by atoms with E-state index in [0.717, 1.165) is 29.0 Å². The lowest BCUT2D eigenvalue weighted by molar-refractivity contribution is 0.812. The van der Waals surface area contributed by atoms with E-state index in [2.05, 4.69) is 33.5 Å². The average Bonchev–Trinajstić information content (AvgIpc) is 3.18. The smallest absolute Gasteiger partial charge is 0.193 e. The molecule has 0 spiro atoms. The van der Waals surface area contributed by atoms with Crippen molar-refractivity contribution in [1.29, 1.82) is 0 Å². The number of rotatable bonds is 3. The van der Waals surface area contributed by atoms with Gasteiger partial charge in [0.05, 0.1) is 16.1 Å². The Bertz CT molecular complexity index is 979. The second-order valence-electron chi connectivity index (χ2n) is 6.36. The highest BCUT2D eigenvalue weighted by molar-refractivity contribution is 14.0. The van der Waals surface area contributed by atoms with Crippen LogP contribution in [0.1, 0.15) is 23.4 Å². The lowest BCUT2D eigenvalue weighted by atomic mass is 10.1. The second-order valence-corrected chi connectivity index (χ2v) is 6.77. The highest BCUT2D eigenvalue weighted by Crippen LogP contribution is 2.25. The molecule has 1 heterocycles. The van der Waals surface area contributed by atoms with Crippen LogP contribution in [-0.4, -0.2) is 15.5 Å². The van der Waals surface area contributed by atoms with Crippen molar-refractivity contribution in [2.24, 2.45) is 17.8 Å². The first-order valence-electron chi connectivity index (χ1n) is 8.40. The number of aryl methyl sites for hydroxylation is 3. The zero-order valence-corrected chi connectivity index (χ0v) is 17.6. The Morgan fingerprint density at radius 3 is 2.88 bits per heavy atom. The number of halogens is 2. The van der Waals surface area contributed by atoms with E-state index in [-0.39, 0.29) is 24.0 Å². The molecule has 0 bridgehead atoms. The number of fused-ring (bicyclic) bond motifs is 2. The zero-order valence-electron chi connectivity index (χ0n) is 14.5. The molecule has 3 aromatic rings. The number of nitrogens with zero attached hydrogens (tertiary/aromatic N) is 3. The molecule has 0 atom stereocenters. The van der Waals surface area contributed by atoms with Crippen LogP contribution in [0.15, 0.2) is 41.4 Å². The minimum atomic E-state index is 0. The zero-order chi connectivity index (χ0) is 17.4. The monoisotopic (exact) mass is 481 g/mol. The molecule has 1 aliphatic carbocycles. The summed E-state index contributed by atoms with van der Waals surface area (Å²) < 4.78 is 1.96. The van der Waals surface area contributed by atoms with Gasteiger partial charge < -0.3 is 15.6 Å². The molecule has 4 rings (SSSR count). The number of hydrogen-bond acceptors (Lipinski definition) is 2. The highest BCUT2D eigenvalue weighted by atomic mass is 127. The highest BCUT2D eigenvalue weighted by Gasteiger charge is 2.12. The number of aliphatic imine (C=N–C) groups is 1. The normalized spacial score (nSPS) is 13.5. The van der Waals surface area contributed by atoms with Crippen molar-refractivity contribution in [1.82, 2.24) is 9.55 Å². The van der Waals surface area contributed by atoms with Gasteiger partial charge in [0.2, 0.25) is 0 Å². The molecule has 3 N–H and O–H groups in total. The van der Waals surface area contributed by atoms with E-state index < -0.39 is 0 Å². The van der Waals surface area contributed by atoms with Gasteiger partial charge in [-0.3, -0.25) is 0 Å². The molecule has 2 aromatic carbocycles. The molecule has 0 amide bonds. The first-order valence-corrected chi connectivity index (χ1v) is 8.78. The Morgan fingerprint density at radius 2 is 2.08 bits per heavy atom. The van der Waals surface area contributed by atoms with Crippen LogP contribution in [0.25, 0.3) is 11.0 Å². The number of nitrogens with two attached hydrogens (primary N) is 1. The molecule has 0 aliphatic heterocycles. The maximum atomic E-state index is 6.26. The standard InChI is InChI=1S/C19H20ClN5.HI/c1-25-17(24-16-7-3-6-15(20)18(16)25)11-22-19(21)23-14-9-8-12-4-2-5-13(12)10-14;/h3,6-10H,2,4-5,11H2,1H3,(H3,21,22,23);1H. The molecule has 136 valence electrons. The number of anilines is 1. The minimum absolute atomic E-state index is 0. The van der Waals surface area contributed by atoms with E-state index >= 15 is 0 Å². The van der Waals surface area contributed by atoms with Crippen molar-refractivity contribution >= 4 is 58.3 Å². The van der Waals surface area contributed by atoms with Gasteiger partial charge in [-0.1, -0.05) is 23.7 Å². The summed E-state index contributed by atoms with van der Waals surface area (Å²) in [6.45, 7) is 0.394. The van der Waals surface area contributed by atoms with Crippen molar-refractivity contribution in [2.75, 3.05) is 5.32 Å². The Balaban J connectivity index is 0.00000196. The van der Waals surface area contributed by atoms with Gasteiger partial charge in [-0.2, -0.15) is 0 Å². The molecule has 0 fully saturated rings. The fourth-order valence-corrected chi connectivity index (χ4v) is 3.70. The van der Waals surface area contributed by atoms with Crippen LogP contribution >= 0.6 is 35.6 Å². The average molecular weight is 482 g/mol. The Hall–Kier alpha value is -1.80.